The van der Waals surface area contributed by atoms with Crippen LogP contribution < -0.4 is 10.6 Å². The second kappa shape index (κ2) is 15.5. The topological polar surface area (TPSA) is 107 Å². The Morgan fingerprint density at radius 3 is 2.42 bits per heavy atom. The van der Waals surface area contributed by atoms with Gasteiger partial charge in [0, 0.05) is 54.7 Å². The third kappa shape index (κ3) is 9.81. The fourth-order valence-electron chi connectivity index (χ4n) is 4.89. The number of aliphatic hydroxyl groups excluding tert-OH is 1. The van der Waals surface area contributed by atoms with Gasteiger partial charge in [0.15, 0.2) is 0 Å². The predicted molar refractivity (Wildman–Crippen MR) is 171 cm³/mol. The number of hydrogen-bond donors (Lipinski definition) is 3. The quantitative estimate of drug-likeness (QED) is 0.192. The van der Waals surface area contributed by atoms with Gasteiger partial charge in [-0.1, -0.05) is 56.3 Å². The molecule has 0 fully saturated rings. The number of aliphatic hydroxyl groups is 1. The van der Waals surface area contributed by atoms with E-state index in [9.17, 15) is 14.7 Å². The Bertz CT molecular complexity index is 1490. The molecule has 2 aromatic carbocycles. The Balaban J connectivity index is 1.41. The Kier molecular flexibility index (Phi) is 11.6. The highest BCUT2D eigenvalue weighted by Crippen LogP contribution is 2.15. The molecule has 2 unspecified atom stereocenters. The van der Waals surface area contributed by atoms with Crippen LogP contribution in [0.4, 0.5) is 0 Å². The van der Waals surface area contributed by atoms with Crippen molar-refractivity contribution in [1.29, 1.82) is 0 Å². The second-order valence-electron chi connectivity index (χ2n) is 11.4. The first kappa shape index (κ1) is 32.0. The fraction of sp³-hybridized carbons (Fsp3) is 0.353. The first-order chi connectivity index (χ1) is 20.7. The third-order valence-electron chi connectivity index (χ3n) is 7.01. The zero-order valence-electron chi connectivity index (χ0n) is 25.3. The van der Waals surface area contributed by atoms with Crippen molar-refractivity contribution in [3.63, 3.8) is 0 Å². The summed E-state index contributed by atoms with van der Waals surface area (Å²) in [5.41, 5.74) is 4.93. The van der Waals surface area contributed by atoms with Gasteiger partial charge in [0.25, 0.3) is 11.8 Å². The first-order valence-electron chi connectivity index (χ1n) is 14.6. The Morgan fingerprint density at radius 1 is 0.953 bits per heavy atom. The van der Waals surface area contributed by atoms with Gasteiger partial charge in [0.05, 0.1) is 18.7 Å². The third-order valence-corrected chi connectivity index (χ3v) is 7.97. The van der Waals surface area contributed by atoms with Gasteiger partial charge >= 0.3 is 0 Å². The lowest BCUT2D eigenvalue weighted by Crippen LogP contribution is -2.48. The molecule has 3 N–H and O–H groups in total. The van der Waals surface area contributed by atoms with Gasteiger partial charge in [-0.2, -0.15) is 0 Å². The molecule has 4 rings (SSSR count). The molecule has 43 heavy (non-hydrogen) atoms. The Morgan fingerprint density at radius 2 is 1.70 bits per heavy atom. The summed E-state index contributed by atoms with van der Waals surface area (Å²) in [7, 11) is 1.72. The average Bonchev–Trinajstić information content (AvgIpc) is 3.40. The van der Waals surface area contributed by atoms with Crippen molar-refractivity contribution in [3.8, 4) is 0 Å². The molecule has 226 valence electrons. The molecule has 2 heterocycles. The molecule has 2 amide bonds. The molecule has 9 heteroatoms. The van der Waals surface area contributed by atoms with E-state index in [0.29, 0.717) is 36.6 Å². The number of thiazole rings is 1. The monoisotopic (exact) mass is 599 g/mol. The highest BCUT2D eigenvalue weighted by atomic mass is 32.1. The molecule has 4 aromatic rings. The summed E-state index contributed by atoms with van der Waals surface area (Å²) in [5, 5.41) is 20.4. The minimum Gasteiger partial charge on any atom is -0.390 e. The molecule has 0 saturated heterocycles. The van der Waals surface area contributed by atoms with Crippen LogP contribution in [-0.2, 0) is 25.9 Å². The Labute approximate surface area is 258 Å². The van der Waals surface area contributed by atoms with E-state index in [1.807, 2.05) is 55.0 Å². The Hall–Kier alpha value is -3.92. The zero-order valence-corrected chi connectivity index (χ0v) is 26.1. The molecule has 0 radical (unpaired) electrons. The number of rotatable bonds is 14. The van der Waals surface area contributed by atoms with E-state index in [-0.39, 0.29) is 18.4 Å². The summed E-state index contributed by atoms with van der Waals surface area (Å²) in [6.45, 7) is 7.52. The van der Waals surface area contributed by atoms with Crippen molar-refractivity contribution in [2.75, 3.05) is 13.6 Å². The zero-order chi connectivity index (χ0) is 30.8. The average molecular weight is 600 g/mol. The van der Waals surface area contributed by atoms with Crippen molar-refractivity contribution in [2.45, 2.75) is 58.8 Å². The number of carbonyl (C=O) groups is 2. The minimum atomic E-state index is -0.853. The largest absolute Gasteiger partial charge is 0.390 e. The lowest BCUT2D eigenvalue weighted by Gasteiger charge is -2.25. The van der Waals surface area contributed by atoms with Crippen LogP contribution in [0.1, 0.15) is 62.0 Å². The molecule has 8 nitrogen and oxygen atoms in total. The summed E-state index contributed by atoms with van der Waals surface area (Å²) in [6.07, 6.45) is 4.29. The molecule has 0 bridgehead atoms. The predicted octanol–water partition coefficient (Wildman–Crippen LogP) is 4.81. The summed E-state index contributed by atoms with van der Waals surface area (Å²) in [5.74, 6) is -0.000266. The summed E-state index contributed by atoms with van der Waals surface area (Å²) < 4.78 is 0. The number of nitrogens with one attached hydrogen (secondary N) is 2. The summed E-state index contributed by atoms with van der Waals surface area (Å²) >= 11 is 1.51. The van der Waals surface area contributed by atoms with Crippen LogP contribution in [0, 0.1) is 12.8 Å². The van der Waals surface area contributed by atoms with Crippen LogP contribution in [0.3, 0.4) is 0 Å². The van der Waals surface area contributed by atoms with Crippen molar-refractivity contribution in [3.05, 3.63) is 117 Å². The number of hydrogen-bond acceptors (Lipinski definition) is 7. The van der Waals surface area contributed by atoms with E-state index < -0.39 is 12.1 Å². The van der Waals surface area contributed by atoms with Gasteiger partial charge in [-0.25, -0.2) is 4.98 Å². The van der Waals surface area contributed by atoms with Crippen molar-refractivity contribution >= 4 is 23.2 Å². The lowest BCUT2D eigenvalue weighted by atomic mass is 10.00. The highest BCUT2D eigenvalue weighted by Gasteiger charge is 2.23. The maximum Gasteiger partial charge on any atom is 0.253 e. The van der Waals surface area contributed by atoms with E-state index in [0.717, 1.165) is 28.2 Å². The van der Waals surface area contributed by atoms with Gasteiger partial charge < -0.3 is 20.6 Å². The van der Waals surface area contributed by atoms with Crippen LogP contribution >= 0.6 is 11.3 Å². The molecule has 2 aromatic heterocycles. The number of nitrogens with zero attached hydrogens (tertiary/aromatic N) is 3. The van der Waals surface area contributed by atoms with Crippen molar-refractivity contribution < 1.29 is 14.7 Å². The normalized spacial score (nSPS) is 12.6. The number of aromatic nitrogens is 2. The van der Waals surface area contributed by atoms with Gasteiger partial charge in [-0.15, -0.1) is 11.3 Å². The van der Waals surface area contributed by atoms with E-state index in [1.54, 1.807) is 36.2 Å². The van der Waals surface area contributed by atoms with Crippen LogP contribution in [-0.4, -0.2) is 57.5 Å². The van der Waals surface area contributed by atoms with Gasteiger partial charge in [0.1, 0.15) is 5.01 Å². The van der Waals surface area contributed by atoms with Crippen LogP contribution in [0.5, 0.6) is 0 Å². The molecular weight excluding hydrogens is 558 g/mol. The molecule has 0 saturated carbocycles. The summed E-state index contributed by atoms with van der Waals surface area (Å²) in [4.78, 5) is 36.9. The molecule has 0 spiro atoms. The molecular formula is C34H41N5O3S. The van der Waals surface area contributed by atoms with E-state index in [4.69, 9.17) is 0 Å². The molecule has 0 aliphatic carbocycles. The van der Waals surface area contributed by atoms with Gasteiger partial charge in [0.2, 0.25) is 0 Å². The van der Waals surface area contributed by atoms with E-state index >= 15 is 0 Å². The number of carbonyl (C=O) groups excluding carboxylic acids is 2. The van der Waals surface area contributed by atoms with E-state index in [2.05, 4.69) is 40.5 Å². The molecule has 0 aliphatic heterocycles. The van der Waals surface area contributed by atoms with Crippen LogP contribution in [0.2, 0.25) is 0 Å². The highest BCUT2D eigenvalue weighted by molar-refractivity contribution is 7.09. The lowest BCUT2D eigenvalue weighted by molar-refractivity contribution is 0.0784. The first-order valence-corrected chi connectivity index (χ1v) is 15.5. The van der Waals surface area contributed by atoms with E-state index in [1.165, 1.54) is 16.9 Å². The minimum absolute atomic E-state index is 0.195. The standard InChI is InChI=1S/C34H41N5O3S/c1-23(2)13-26-14-27(18-35-17-26)19-36-20-31(40)30(15-25-9-6-5-7-10-25)38-33(41)28-11-8-12-29(16-28)34(42)39(4)21-32-37-24(3)22-43-32/h5-12,14,16-18,22-23,30-31,36,40H,13,15,19-21H2,1-4H3,(H,38,41). The maximum absolute atomic E-state index is 13.4. The smallest absolute Gasteiger partial charge is 0.253 e. The molecule has 0 aliphatic rings. The number of benzene rings is 2. The SMILES string of the molecule is Cc1csc(CN(C)C(=O)c2cccc(C(=O)NC(Cc3ccccc3)C(O)CNCc3cncc(CC(C)C)c3)c2)n1. The van der Waals surface area contributed by atoms with Crippen LogP contribution in [0.25, 0.3) is 0 Å². The number of pyridine rings is 1. The van der Waals surface area contributed by atoms with Crippen LogP contribution in [0.15, 0.2) is 78.4 Å². The van der Waals surface area contributed by atoms with Gasteiger partial charge in [-0.05, 0) is 60.6 Å². The van der Waals surface area contributed by atoms with Crippen molar-refractivity contribution in [1.82, 2.24) is 25.5 Å². The number of amides is 2. The fourth-order valence-corrected chi connectivity index (χ4v) is 5.72. The second-order valence-corrected chi connectivity index (χ2v) is 12.3. The van der Waals surface area contributed by atoms with Gasteiger partial charge in [-0.3, -0.25) is 14.6 Å². The maximum atomic E-state index is 13.4. The molecule has 2 atom stereocenters. The number of aryl methyl sites for hydroxylation is 1. The van der Waals surface area contributed by atoms with Crippen molar-refractivity contribution in [2.24, 2.45) is 5.92 Å². The summed E-state index contributed by atoms with van der Waals surface area (Å²) in [6, 6.07) is 18.0.